The Kier molecular flexibility index (Phi) is 3.01. The first-order valence-electron chi connectivity index (χ1n) is 3.22. The number of carbonyl (C=O) groups is 1. The lowest BCUT2D eigenvalue weighted by atomic mass is 10.4. The van der Waals surface area contributed by atoms with Gasteiger partial charge in [-0.05, 0) is 12.1 Å². The van der Waals surface area contributed by atoms with Crippen LogP contribution in [0.3, 0.4) is 0 Å². The van der Waals surface area contributed by atoms with Gasteiger partial charge < -0.3 is 4.74 Å². The first-order chi connectivity index (χ1) is 5.83. The van der Waals surface area contributed by atoms with Gasteiger partial charge in [-0.2, -0.15) is 0 Å². The zero-order valence-electron chi connectivity index (χ0n) is 6.16. The summed E-state index contributed by atoms with van der Waals surface area (Å²) in [6, 6.07) is 3.26. The molecular formula is C7H7FN2O2. The number of nitrogens with zero attached hydrogens (tertiary/aromatic N) is 1. The summed E-state index contributed by atoms with van der Waals surface area (Å²) in [5, 5.41) is 2.28. The molecule has 0 fully saturated rings. The normalized spacial score (nSPS) is 9.08. The fourth-order valence-electron chi connectivity index (χ4n) is 0.640. The van der Waals surface area contributed by atoms with E-state index in [0.29, 0.717) is 5.69 Å². The van der Waals surface area contributed by atoms with Crippen LogP contribution in [-0.4, -0.2) is 17.9 Å². The molecule has 12 heavy (non-hydrogen) atoms. The molecule has 1 aromatic rings. The maximum atomic E-state index is 11.4. The highest BCUT2D eigenvalue weighted by Crippen LogP contribution is 2.02. The van der Waals surface area contributed by atoms with E-state index >= 15 is 0 Å². The third kappa shape index (κ3) is 2.53. The highest BCUT2D eigenvalue weighted by Gasteiger charge is 2.00. The highest BCUT2D eigenvalue weighted by atomic mass is 19.1. The van der Waals surface area contributed by atoms with Crippen LogP contribution in [0.25, 0.3) is 0 Å². The van der Waals surface area contributed by atoms with E-state index < -0.39 is 13.0 Å². The molecule has 0 aromatic carbocycles. The number of rotatable bonds is 2. The summed E-state index contributed by atoms with van der Waals surface area (Å²) in [6.07, 6.45) is 2.16. The van der Waals surface area contributed by atoms with Gasteiger partial charge in [0.15, 0.2) is 0 Å². The molecule has 0 saturated heterocycles. The van der Waals surface area contributed by atoms with Crippen LogP contribution in [0.4, 0.5) is 14.9 Å². The minimum Gasteiger partial charge on any atom is -0.417 e. The predicted octanol–water partition coefficient (Wildman–Crippen LogP) is 1.56. The Morgan fingerprint density at radius 2 is 2.58 bits per heavy atom. The highest BCUT2D eigenvalue weighted by molar-refractivity contribution is 5.84. The van der Waals surface area contributed by atoms with Crippen molar-refractivity contribution < 1.29 is 13.9 Å². The molecule has 0 aliphatic carbocycles. The first kappa shape index (κ1) is 8.45. The number of halogens is 1. The molecule has 1 aromatic heterocycles. The van der Waals surface area contributed by atoms with Crippen molar-refractivity contribution in [1.82, 2.24) is 4.98 Å². The van der Waals surface area contributed by atoms with Gasteiger partial charge in [0.2, 0.25) is 6.86 Å². The van der Waals surface area contributed by atoms with E-state index in [9.17, 15) is 9.18 Å². The molecule has 0 atom stereocenters. The zero-order valence-corrected chi connectivity index (χ0v) is 6.16. The van der Waals surface area contributed by atoms with Crippen LogP contribution in [0.1, 0.15) is 0 Å². The quantitative estimate of drug-likeness (QED) is 0.732. The molecule has 5 heteroatoms. The monoisotopic (exact) mass is 170 g/mol. The zero-order chi connectivity index (χ0) is 8.81. The Hall–Kier alpha value is -1.65. The summed E-state index contributed by atoms with van der Waals surface area (Å²) in [4.78, 5) is 14.3. The smallest absolute Gasteiger partial charge is 0.414 e. The molecule has 0 aliphatic heterocycles. The number of pyridine rings is 1. The van der Waals surface area contributed by atoms with Crippen molar-refractivity contribution in [2.45, 2.75) is 0 Å². The van der Waals surface area contributed by atoms with Gasteiger partial charge in [0, 0.05) is 6.20 Å². The Balaban J connectivity index is 2.47. The predicted molar refractivity (Wildman–Crippen MR) is 40.3 cm³/mol. The lowest BCUT2D eigenvalue weighted by Gasteiger charge is -2.01. The van der Waals surface area contributed by atoms with E-state index in [0.717, 1.165) is 0 Å². The van der Waals surface area contributed by atoms with Crippen LogP contribution in [0.2, 0.25) is 0 Å². The van der Waals surface area contributed by atoms with Crippen molar-refractivity contribution in [1.29, 1.82) is 0 Å². The number of anilines is 1. The lowest BCUT2D eigenvalue weighted by molar-refractivity contribution is 0.111. The Morgan fingerprint density at radius 1 is 1.75 bits per heavy atom. The van der Waals surface area contributed by atoms with Crippen molar-refractivity contribution in [3.63, 3.8) is 0 Å². The molecule has 1 N–H and O–H groups in total. The van der Waals surface area contributed by atoms with Gasteiger partial charge in [0.25, 0.3) is 0 Å². The second kappa shape index (κ2) is 4.27. The standard InChI is InChI=1S/C7H7FN2O2/c8-5-12-7(11)10-6-2-1-3-9-4-6/h1-4H,5H2,(H,10,11). The van der Waals surface area contributed by atoms with Crippen LogP contribution in [0.5, 0.6) is 0 Å². The number of hydrogen-bond acceptors (Lipinski definition) is 3. The Morgan fingerprint density at radius 3 is 3.17 bits per heavy atom. The molecule has 4 nitrogen and oxygen atoms in total. The average Bonchev–Trinajstić information content (AvgIpc) is 2.06. The summed E-state index contributed by atoms with van der Waals surface area (Å²) in [6.45, 7) is -1.13. The van der Waals surface area contributed by atoms with E-state index in [1.165, 1.54) is 6.20 Å². The minimum absolute atomic E-state index is 0.468. The van der Waals surface area contributed by atoms with Crippen molar-refractivity contribution in [2.24, 2.45) is 0 Å². The molecule has 0 saturated carbocycles. The molecule has 64 valence electrons. The maximum Gasteiger partial charge on any atom is 0.414 e. The Bertz CT molecular complexity index is 253. The fraction of sp³-hybridized carbons (Fsp3) is 0.143. The number of hydrogen-bond donors (Lipinski definition) is 1. The molecule has 0 aliphatic rings. The van der Waals surface area contributed by atoms with Crippen molar-refractivity contribution >= 4 is 11.8 Å². The van der Waals surface area contributed by atoms with E-state index in [1.54, 1.807) is 18.3 Å². The first-order valence-corrected chi connectivity index (χ1v) is 3.22. The second-order valence-corrected chi connectivity index (χ2v) is 1.91. The molecule has 1 heterocycles. The largest absolute Gasteiger partial charge is 0.417 e. The number of alkyl halides is 1. The summed E-state index contributed by atoms with van der Waals surface area (Å²) in [5.74, 6) is 0. The second-order valence-electron chi connectivity index (χ2n) is 1.91. The average molecular weight is 170 g/mol. The summed E-state index contributed by atoms with van der Waals surface area (Å²) < 4.78 is 15.4. The third-order valence-corrected chi connectivity index (χ3v) is 1.09. The number of nitrogens with one attached hydrogen (secondary N) is 1. The van der Waals surface area contributed by atoms with Crippen LogP contribution in [-0.2, 0) is 4.74 Å². The Labute approximate surface area is 68.4 Å². The SMILES string of the molecule is O=C(Nc1cccnc1)OCF. The van der Waals surface area contributed by atoms with E-state index in [1.807, 2.05) is 0 Å². The van der Waals surface area contributed by atoms with E-state index in [-0.39, 0.29) is 0 Å². The van der Waals surface area contributed by atoms with Gasteiger partial charge in [-0.1, -0.05) is 0 Å². The van der Waals surface area contributed by atoms with Crippen molar-refractivity contribution in [2.75, 3.05) is 12.2 Å². The van der Waals surface area contributed by atoms with Gasteiger partial charge in [-0.3, -0.25) is 10.3 Å². The van der Waals surface area contributed by atoms with Crippen molar-refractivity contribution in [3.05, 3.63) is 24.5 Å². The molecule has 0 spiro atoms. The summed E-state index contributed by atoms with van der Waals surface area (Å²) >= 11 is 0. The van der Waals surface area contributed by atoms with Crippen LogP contribution >= 0.6 is 0 Å². The molecule has 0 bridgehead atoms. The third-order valence-electron chi connectivity index (χ3n) is 1.09. The van der Waals surface area contributed by atoms with Crippen molar-refractivity contribution in [3.8, 4) is 0 Å². The minimum atomic E-state index is -1.13. The number of carbonyl (C=O) groups excluding carboxylic acids is 1. The molecule has 0 radical (unpaired) electrons. The topological polar surface area (TPSA) is 51.2 Å². The molecular weight excluding hydrogens is 163 g/mol. The summed E-state index contributed by atoms with van der Waals surface area (Å²) in [5.41, 5.74) is 0.468. The molecule has 1 amide bonds. The lowest BCUT2D eigenvalue weighted by Crippen LogP contribution is -2.12. The van der Waals surface area contributed by atoms with Gasteiger partial charge in [0.05, 0.1) is 11.9 Å². The van der Waals surface area contributed by atoms with Gasteiger partial charge >= 0.3 is 6.09 Å². The maximum absolute atomic E-state index is 11.4. The van der Waals surface area contributed by atoms with Gasteiger partial charge in [0.1, 0.15) is 0 Å². The molecule has 1 rings (SSSR count). The molecule has 0 unspecified atom stereocenters. The van der Waals surface area contributed by atoms with E-state index in [2.05, 4.69) is 15.0 Å². The number of aromatic nitrogens is 1. The number of ether oxygens (including phenoxy) is 1. The summed E-state index contributed by atoms with van der Waals surface area (Å²) in [7, 11) is 0. The van der Waals surface area contributed by atoms with Crippen LogP contribution in [0.15, 0.2) is 24.5 Å². The van der Waals surface area contributed by atoms with Gasteiger partial charge in [-0.15, -0.1) is 0 Å². The van der Waals surface area contributed by atoms with E-state index in [4.69, 9.17) is 0 Å². The fourth-order valence-corrected chi connectivity index (χ4v) is 0.640. The number of amides is 1. The van der Waals surface area contributed by atoms with Gasteiger partial charge in [-0.25, -0.2) is 9.18 Å². The van der Waals surface area contributed by atoms with Crippen LogP contribution < -0.4 is 5.32 Å². The van der Waals surface area contributed by atoms with Crippen LogP contribution in [0, 0.1) is 0 Å².